The van der Waals surface area contributed by atoms with Gasteiger partial charge in [-0.25, -0.2) is 14.8 Å². The Hall–Kier alpha value is -5.59. The summed E-state index contributed by atoms with van der Waals surface area (Å²) in [6.45, 7) is 16.5. The van der Waals surface area contributed by atoms with E-state index in [0.717, 1.165) is 87.2 Å². The van der Waals surface area contributed by atoms with E-state index in [4.69, 9.17) is 18.2 Å². The molecular weight excluding hydrogens is 748 g/mol. The number of fused-ring (bicyclic) bond motifs is 1. The molecule has 5 fully saturated rings. The summed E-state index contributed by atoms with van der Waals surface area (Å²) in [5, 5.41) is 2.73. The lowest BCUT2D eigenvalue weighted by atomic mass is 9.77. The van der Waals surface area contributed by atoms with E-state index in [2.05, 4.69) is 46.7 Å². The van der Waals surface area contributed by atoms with E-state index in [9.17, 15) is 24.0 Å². The lowest BCUT2D eigenvalue weighted by Crippen LogP contribution is -2.64. The molecule has 15 nitrogen and oxygen atoms in total. The van der Waals surface area contributed by atoms with E-state index >= 15 is 0 Å². The van der Waals surface area contributed by atoms with Crippen molar-refractivity contribution >= 4 is 64.0 Å². The van der Waals surface area contributed by atoms with E-state index in [1.165, 1.54) is 0 Å². The Labute approximate surface area is 335 Å². The zero-order chi connectivity index (χ0) is 39.6. The lowest BCUT2D eigenvalue weighted by molar-refractivity contribution is -0.136. The second-order valence-electron chi connectivity index (χ2n) is 16.2. The Kier molecular flexibility index (Phi) is 9.36. The molecule has 6 aliphatic rings. The van der Waals surface area contributed by atoms with Crippen LogP contribution >= 0.6 is 11.6 Å². The van der Waals surface area contributed by atoms with Crippen LogP contribution in [0.25, 0.3) is 4.85 Å². The first-order valence-electron chi connectivity index (χ1n) is 19.7. The van der Waals surface area contributed by atoms with Crippen LogP contribution in [0.3, 0.4) is 0 Å². The minimum Gasteiger partial charge on any atom is -0.369 e. The van der Waals surface area contributed by atoms with Gasteiger partial charge in [0.15, 0.2) is 0 Å². The Morgan fingerprint density at radius 1 is 0.895 bits per heavy atom. The van der Waals surface area contributed by atoms with Gasteiger partial charge in [-0.05, 0) is 68.4 Å². The fourth-order valence-corrected chi connectivity index (χ4v) is 9.83. The summed E-state index contributed by atoms with van der Waals surface area (Å²) < 4.78 is 0. The highest BCUT2D eigenvalue weighted by atomic mass is 35.5. The number of likely N-dealkylation sites (tertiary alicyclic amines) is 1. The van der Waals surface area contributed by atoms with Crippen LogP contribution in [0.15, 0.2) is 48.8 Å². The molecule has 2 atom stereocenters. The number of amides is 5. The van der Waals surface area contributed by atoms with Crippen molar-refractivity contribution in [2.75, 3.05) is 73.6 Å². The van der Waals surface area contributed by atoms with Gasteiger partial charge in [0.05, 0.1) is 30.1 Å². The highest BCUT2D eigenvalue weighted by Gasteiger charge is 2.46. The zero-order valence-corrected chi connectivity index (χ0v) is 32.5. The molecule has 294 valence electrons. The molecule has 57 heavy (non-hydrogen) atoms. The summed E-state index contributed by atoms with van der Waals surface area (Å²) in [5.41, 5.74) is 3.48. The maximum atomic E-state index is 13.3. The number of piperazine rings is 1. The molecule has 7 heterocycles. The fourth-order valence-electron chi connectivity index (χ4n) is 9.61. The molecule has 5 amide bonds. The van der Waals surface area contributed by atoms with E-state index in [-0.39, 0.29) is 41.3 Å². The van der Waals surface area contributed by atoms with Gasteiger partial charge in [-0.3, -0.25) is 39.1 Å². The van der Waals surface area contributed by atoms with Crippen molar-refractivity contribution in [2.24, 2.45) is 5.41 Å². The fraction of sp³-hybridized carbons (Fsp3) is 0.463. The van der Waals surface area contributed by atoms with Gasteiger partial charge in [-0.2, -0.15) is 0 Å². The standard InChI is InChI=1S/C41H43ClN10O5/c1-25-19-41(24-51(25)27-4-6-32(43-2)31(42)18-27)9-11-49(12-10-41)35-21-44-33(20-45-35)40(57)50-22-28(23-50)48-15-13-47(14-16-48)26-3-5-29-30(17-26)39(56)52(38(29)55)34-7-8-36(53)46-37(34)54/h3-6,17-18,20-21,25,28,34H,7-16,19,22-24H2,1H3,(H,46,53,54)/t25-,34?/m0/s1. The summed E-state index contributed by atoms with van der Waals surface area (Å²) >= 11 is 6.37. The molecule has 0 aliphatic carbocycles. The van der Waals surface area contributed by atoms with Crippen molar-refractivity contribution in [2.45, 2.75) is 57.2 Å². The van der Waals surface area contributed by atoms with Crippen molar-refractivity contribution in [1.29, 1.82) is 0 Å². The second kappa shape index (κ2) is 14.4. The van der Waals surface area contributed by atoms with Crippen molar-refractivity contribution < 1.29 is 24.0 Å². The third-order valence-corrected chi connectivity index (χ3v) is 13.2. The van der Waals surface area contributed by atoms with Gasteiger partial charge < -0.3 is 19.6 Å². The van der Waals surface area contributed by atoms with Crippen LogP contribution in [-0.4, -0.2) is 131 Å². The first-order chi connectivity index (χ1) is 27.5. The topological polar surface area (TPSA) is 147 Å². The predicted molar refractivity (Wildman–Crippen MR) is 212 cm³/mol. The number of halogens is 1. The number of hydrogen-bond donors (Lipinski definition) is 1. The third kappa shape index (κ3) is 6.64. The Morgan fingerprint density at radius 3 is 2.32 bits per heavy atom. The molecule has 9 rings (SSSR count). The third-order valence-electron chi connectivity index (χ3n) is 12.9. The number of imide groups is 2. The van der Waals surface area contributed by atoms with Crippen LogP contribution in [-0.2, 0) is 9.59 Å². The van der Waals surface area contributed by atoms with Gasteiger partial charge in [0.1, 0.15) is 17.6 Å². The first kappa shape index (κ1) is 37.0. The maximum absolute atomic E-state index is 13.3. The number of carbonyl (C=O) groups excluding carboxylic acids is 5. The molecule has 1 N–H and O–H groups in total. The zero-order valence-electron chi connectivity index (χ0n) is 31.7. The number of carbonyl (C=O) groups is 5. The number of anilines is 3. The van der Waals surface area contributed by atoms with Crippen molar-refractivity contribution in [1.82, 2.24) is 30.0 Å². The average molecular weight is 791 g/mol. The molecule has 0 saturated carbocycles. The SMILES string of the molecule is [C-]#[N+]c1ccc(N2CC3(CCN(c4cnc(C(=O)N5CC(N6CCN(c7ccc8c(c7)C(=O)N(C7CCC(=O)NC7=O)C8=O)CC6)C5)cn4)CC3)C[C@@H]2C)cc1Cl. The van der Waals surface area contributed by atoms with E-state index < -0.39 is 29.7 Å². The molecule has 16 heteroatoms. The monoisotopic (exact) mass is 790 g/mol. The predicted octanol–water partition coefficient (Wildman–Crippen LogP) is 3.61. The Balaban J connectivity index is 0.740. The number of benzene rings is 2. The van der Waals surface area contributed by atoms with Crippen LogP contribution < -0.4 is 20.0 Å². The number of piperidine rings is 2. The van der Waals surface area contributed by atoms with E-state index in [0.29, 0.717) is 35.5 Å². The molecule has 5 saturated heterocycles. The number of rotatable bonds is 6. The van der Waals surface area contributed by atoms with Gasteiger partial charge in [-0.1, -0.05) is 17.7 Å². The quantitative estimate of drug-likeness (QED) is 0.289. The molecule has 6 aliphatic heterocycles. The van der Waals surface area contributed by atoms with Crippen LogP contribution in [0.5, 0.6) is 0 Å². The molecule has 0 bridgehead atoms. The van der Waals surface area contributed by atoms with Crippen molar-refractivity contribution in [3.8, 4) is 0 Å². The summed E-state index contributed by atoms with van der Waals surface area (Å²) in [4.78, 5) is 88.6. The van der Waals surface area contributed by atoms with Gasteiger partial charge in [-0.15, -0.1) is 0 Å². The van der Waals surface area contributed by atoms with Crippen LogP contribution in [0.4, 0.5) is 22.9 Å². The number of aromatic nitrogens is 2. The largest absolute Gasteiger partial charge is 0.369 e. The maximum Gasteiger partial charge on any atom is 0.274 e. The molecule has 1 unspecified atom stereocenters. The Morgan fingerprint density at radius 2 is 1.63 bits per heavy atom. The summed E-state index contributed by atoms with van der Waals surface area (Å²) in [7, 11) is 0. The van der Waals surface area contributed by atoms with E-state index in [1.54, 1.807) is 30.6 Å². The van der Waals surface area contributed by atoms with Crippen LogP contribution in [0, 0.1) is 12.0 Å². The van der Waals surface area contributed by atoms with Crippen molar-refractivity contribution in [3.63, 3.8) is 0 Å². The van der Waals surface area contributed by atoms with Crippen molar-refractivity contribution in [3.05, 3.63) is 82.1 Å². The summed E-state index contributed by atoms with van der Waals surface area (Å²) in [5.74, 6) is -1.38. The van der Waals surface area contributed by atoms with Crippen LogP contribution in [0.1, 0.15) is 70.2 Å². The molecule has 3 aromatic rings. The molecule has 1 aromatic heterocycles. The highest BCUT2D eigenvalue weighted by molar-refractivity contribution is 6.33. The highest BCUT2D eigenvalue weighted by Crippen LogP contribution is 2.46. The van der Waals surface area contributed by atoms with Gasteiger partial charge in [0.2, 0.25) is 17.5 Å². The minimum absolute atomic E-state index is 0.0785. The summed E-state index contributed by atoms with van der Waals surface area (Å²) in [6.07, 6.45) is 6.69. The normalized spacial score (nSPS) is 23.8. The number of nitrogens with one attached hydrogen (secondary N) is 1. The second-order valence-corrected chi connectivity index (χ2v) is 16.6. The van der Waals surface area contributed by atoms with Crippen LogP contribution in [0.2, 0.25) is 5.02 Å². The lowest BCUT2D eigenvalue weighted by Gasteiger charge is -2.48. The average Bonchev–Trinajstić information content (AvgIpc) is 3.65. The van der Waals surface area contributed by atoms with Gasteiger partial charge >= 0.3 is 0 Å². The molecule has 0 radical (unpaired) electrons. The number of hydrogen-bond acceptors (Lipinski definition) is 11. The number of nitrogens with zero attached hydrogens (tertiary/aromatic N) is 9. The smallest absolute Gasteiger partial charge is 0.274 e. The van der Waals surface area contributed by atoms with Gasteiger partial charge in [0, 0.05) is 93.8 Å². The first-order valence-corrected chi connectivity index (χ1v) is 20.0. The molecular formula is C41H43ClN10O5. The molecule has 1 spiro atoms. The van der Waals surface area contributed by atoms with Gasteiger partial charge in [0.25, 0.3) is 17.7 Å². The Bertz CT molecular complexity index is 2210. The van der Waals surface area contributed by atoms with E-state index in [1.807, 2.05) is 23.1 Å². The minimum atomic E-state index is -0.991. The summed E-state index contributed by atoms with van der Waals surface area (Å²) in [6, 6.07) is 10.6. The molecule has 2 aromatic carbocycles.